The second kappa shape index (κ2) is 15.1. The summed E-state index contributed by atoms with van der Waals surface area (Å²) in [5.41, 5.74) is 16.4. The van der Waals surface area contributed by atoms with Gasteiger partial charge in [0.2, 0.25) is 0 Å². The molecule has 60 heavy (non-hydrogen) atoms. The lowest BCUT2D eigenvalue weighted by molar-refractivity contribution is 1.19. The number of aromatic nitrogens is 1. The fourth-order valence-corrected chi connectivity index (χ4v) is 9.02. The third-order valence-electron chi connectivity index (χ3n) is 11.8. The Kier molecular flexibility index (Phi) is 8.87. The molecule has 0 aliphatic heterocycles. The number of anilines is 3. The average molecular weight is 765 g/mol. The zero-order valence-electron chi connectivity index (χ0n) is 33.0. The first-order valence-corrected chi connectivity index (χ1v) is 20.6. The Morgan fingerprint density at radius 3 is 1.62 bits per heavy atom. The number of hydrogen-bond acceptors (Lipinski definition) is 1. The van der Waals surface area contributed by atoms with Gasteiger partial charge in [0.05, 0.1) is 16.7 Å². The number of nitrogens with zero attached hydrogens (tertiary/aromatic N) is 2. The van der Waals surface area contributed by atoms with Crippen LogP contribution in [0.5, 0.6) is 0 Å². The lowest BCUT2D eigenvalue weighted by atomic mass is 9.92. The van der Waals surface area contributed by atoms with E-state index in [0.29, 0.717) is 0 Å². The standard InChI is InChI=1S/C58H40N2/c1-3-19-42(20-4-1)49-26-11-12-29-52(49)53-30-13-15-32-56(53)59(46-23-5-2-6-24-46)47-25-17-22-44(39-47)50-27-9-10-28-51(50)45-35-37-58-55(40-45)54-31-14-16-33-57(54)60(58)48-36-34-41-18-7-8-21-43(41)38-48/h1-40H. The van der Waals surface area contributed by atoms with Gasteiger partial charge in [0.15, 0.2) is 0 Å². The molecule has 0 N–H and O–H groups in total. The van der Waals surface area contributed by atoms with Crippen molar-refractivity contribution < 1.29 is 0 Å². The van der Waals surface area contributed by atoms with E-state index in [0.717, 1.165) is 28.3 Å². The molecule has 0 fully saturated rings. The molecule has 0 aliphatic carbocycles. The van der Waals surface area contributed by atoms with E-state index in [1.54, 1.807) is 0 Å². The number of hydrogen-bond donors (Lipinski definition) is 0. The van der Waals surface area contributed by atoms with E-state index in [4.69, 9.17) is 0 Å². The number of para-hydroxylation sites is 3. The SMILES string of the molecule is c1ccc(-c2ccccc2-c2ccccc2N(c2ccccc2)c2cccc(-c3ccccc3-c3ccc4c(c3)c3ccccc3n4-c3ccc4ccccc4c3)c2)cc1. The van der Waals surface area contributed by atoms with Crippen molar-refractivity contribution in [2.45, 2.75) is 0 Å². The van der Waals surface area contributed by atoms with Crippen molar-refractivity contribution in [1.82, 2.24) is 4.57 Å². The molecule has 0 amide bonds. The van der Waals surface area contributed by atoms with Gasteiger partial charge in [0.1, 0.15) is 0 Å². The van der Waals surface area contributed by atoms with Gasteiger partial charge in [-0.15, -0.1) is 0 Å². The van der Waals surface area contributed by atoms with E-state index in [1.165, 1.54) is 71.5 Å². The zero-order valence-corrected chi connectivity index (χ0v) is 33.0. The minimum atomic E-state index is 1.09. The largest absolute Gasteiger partial charge is 0.310 e. The fraction of sp³-hybridized carbons (Fsp3) is 0. The molecule has 0 bridgehead atoms. The number of benzene rings is 10. The van der Waals surface area contributed by atoms with Crippen LogP contribution in [-0.2, 0) is 0 Å². The molecule has 0 atom stereocenters. The highest BCUT2D eigenvalue weighted by molar-refractivity contribution is 6.11. The Balaban J connectivity index is 1.04. The Bertz CT molecular complexity index is 3320. The summed E-state index contributed by atoms with van der Waals surface area (Å²) < 4.78 is 2.41. The van der Waals surface area contributed by atoms with Gasteiger partial charge in [-0.05, 0) is 110 Å². The molecule has 1 heterocycles. The molecule has 11 rings (SSSR count). The Labute approximate surface area is 350 Å². The molecule has 0 saturated carbocycles. The van der Waals surface area contributed by atoms with Crippen LogP contribution in [0, 0.1) is 0 Å². The van der Waals surface area contributed by atoms with Crippen LogP contribution in [0.25, 0.3) is 82.8 Å². The molecular formula is C58H40N2. The molecule has 2 heteroatoms. The zero-order chi connectivity index (χ0) is 39.8. The van der Waals surface area contributed by atoms with Crippen LogP contribution in [0.4, 0.5) is 17.1 Å². The first-order chi connectivity index (χ1) is 29.8. The molecule has 282 valence electrons. The summed E-state index contributed by atoms with van der Waals surface area (Å²) in [6, 6.07) is 87.9. The highest BCUT2D eigenvalue weighted by atomic mass is 15.1. The topological polar surface area (TPSA) is 8.17 Å². The van der Waals surface area contributed by atoms with Gasteiger partial charge in [0, 0.05) is 33.4 Å². The predicted octanol–water partition coefficient (Wildman–Crippen LogP) is 16.1. The molecule has 11 aromatic rings. The van der Waals surface area contributed by atoms with Crippen LogP contribution >= 0.6 is 0 Å². The van der Waals surface area contributed by atoms with Crippen LogP contribution in [0.2, 0.25) is 0 Å². The molecule has 0 aliphatic rings. The molecule has 2 nitrogen and oxygen atoms in total. The predicted molar refractivity (Wildman–Crippen MR) is 255 cm³/mol. The summed E-state index contributed by atoms with van der Waals surface area (Å²) in [5, 5.41) is 4.96. The van der Waals surface area contributed by atoms with Crippen LogP contribution in [0.1, 0.15) is 0 Å². The highest BCUT2D eigenvalue weighted by Crippen LogP contribution is 2.45. The second-order valence-electron chi connectivity index (χ2n) is 15.3. The minimum absolute atomic E-state index is 1.09. The molecule has 1 aromatic heterocycles. The van der Waals surface area contributed by atoms with Crippen LogP contribution < -0.4 is 4.90 Å². The number of rotatable bonds is 8. The molecule has 0 radical (unpaired) electrons. The molecule has 10 aromatic carbocycles. The average Bonchev–Trinajstić information content (AvgIpc) is 3.66. The summed E-state index contributed by atoms with van der Waals surface area (Å²) in [4.78, 5) is 2.40. The smallest absolute Gasteiger partial charge is 0.0541 e. The van der Waals surface area contributed by atoms with E-state index >= 15 is 0 Å². The van der Waals surface area contributed by atoms with Crippen molar-refractivity contribution in [3.8, 4) is 50.2 Å². The van der Waals surface area contributed by atoms with E-state index in [2.05, 4.69) is 252 Å². The summed E-state index contributed by atoms with van der Waals surface area (Å²) in [6.07, 6.45) is 0. The van der Waals surface area contributed by atoms with Crippen molar-refractivity contribution in [2.24, 2.45) is 0 Å². The maximum Gasteiger partial charge on any atom is 0.0541 e. The molecule has 0 unspecified atom stereocenters. The summed E-state index contributed by atoms with van der Waals surface area (Å²) in [6.45, 7) is 0. The lowest BCUT2D eigenvalue weighted by Crippen LogP contribution is -2.11. The first-order valence-electron chi connectivity index (χ1n) is 20.6. The van der Waals surface area contributed by atoms with Gasteiger partial charge < -0.3 is 9.47 Å². The summed E-state index contributed by atoms with van der Waals surface area (Å²) in [5.74, 6) is 0. The second-order valence-corrected chi connectivity index (χ2v) is 15.3. The van der Waals surface area contributed by atoms with E-state index in [-0.39, 0.29) is 0 Å². The molecule has 0 spiro atoms. The van der Waals surface area contributed by atoms with Crippen LogP contribution in [0.3, 0.4) is 0 Å². The van der Waals surface area contributed by atoms with Crippen LogP contribution in [0.15, 0.2) is 243 Å². The van der Waals surface area contributed by atoms with Gasteiger partial charge in [-0.1, -0.05) is 182 Å². The lowest BCUT2D eigenvalue weighted by Gasteiger charge is -2.29. The third-order valence-corrected chi connectivity index (χ3v) is 11.8. The minimum Gasteiger partial charge on any atom is -0.310 e. The van der Waals surface area contributed by atoms with Crippen molar-refractivity contribution in [1.29, 1.82) is 0 Å². The van der Waals surface area contributed by atoms with Gasteiger partial charge in [-0.2, -0.15) is 0 Å². The fourth-order valence-electron chi connectivity index (χ4n) is 9.02. The van der Waals surface area contributed by atoms with Crippen molar-refractivity contribution >= 4 is 49.6 Å². The van der Waals surface area contributed by atoms with Crippen molar-refractivity contribution in [2.75, 3.05) is 4.90 Å². The van der Waals surface area contributed by atoms with Gasteiger partial charge in [-0.3, -0.25) is 0 Å². The quantitative estimate of drug-likeness (QED) is 0.150. The Morgan fingerprint density at radius 2 is 0.833 bits per heavy atom. The van der Waals surface area contributed by atoms with Crippen LogP contribution in [-0.4, -0.2) is 4.57 Å². The van der Waals surface area contributed by atoms with Gasteiger partial charge in [-0.25, -0.2) is 0 Å². The van der Waals surface area contributed by atoms with Crippen molar-refractivity contribution in [3.05, 3.63) is 243 Å². The van der Waals surface area contributed by atoms with Crippen molar-refractivity contribution in [3.63, 3.8) is 0 Å². The number of fused-ring (bicyclic) bond motifs is 4. The monoisotopic (exact) mass is 764 g/mol. The Hall–Kier alpha value is -7.94. The van der Waals surface area contributed by atoms with Gasteiger partial charge in [0.25, 0.3) is 0 Å². The summed E-state index contributed by atoms with van der Waals surface area (Å²) in [7, 11) is 0. The van der Waals surface area contributed by atoms with E-state index < -0.39 is 0 Å². The highest BCUT2D eigenvalue weighted by Gasteiger charge is 2.20. The summed E-state index contributed by atoms with van der Waals surface area (Å²) >= 11 is 0. The maximum absolute atomic E-state index is 2.41. The van der Waals surface area contributed by atoms with Gasteiger partial charge >= 0.3 is 0 Å². The maximum atomic E-state index is 2.41. The molecule has 0 saturated heterocycles. The van der Waals surface area contributed by atoms with E-state index in [9.17, 15) is 0 Å². The normalized spacial score (nSPS) is 11.3. The molecular weight excluding hydrogens is 725 g/mol. The third kappa shape index (κ3) is 6.23. The Morgan fingerprint density at radius 1 is 0.283 bits per heavy atom. The van der Waals surface area contributed by atoms with E-state index in [1.807, 2.05) is 0 Å². The first kappa shape index (κ1) is 35.2.